The fourth-order valence-electron chi connectivity index (χ4n) is 4.13. The van der Waals surface area contributed by atoms with Crippen molar-refractivity contribution < 1.29 is 24.5 Å². The van der Waals surface area contributed by atoms with Crippen LogP contribution in [0.3, 0.4) is 0 Å². The Morgan fingerprint density at radius 3 is 2.42 bits per heavy atom. The van der Waals surface area contributed by atoms with Crippen molar-refractivity contribution in [3.05, 3.63) is 72.8 Å². The number of fused-ring (bicyclic) bond motifs is 1. The molecule has 4 atom stereocenters. The minimum Gasteiger partial charge on any atom is -0.387 e. The van der Waals surface area contributed by atoms with Crippen molar-refractivity contribution in [2.24, 2.45) is 0 Å². The summed E-state index contributed by atoms with van der Waals surface area (Å²) in [6.45, 7) is 2.09. The first-order valence-corrected chi connectivity index (χ1v) is 11.4. The number of aliphatic hydroxyl groups excluding tert-OH is 2. The number of imidazole rings is 1. The minimum absolute atomic E-state index is 0.171. The van der Waals surface area contributed by atoms with Gasteiger partial charge in [0, 0.05) is 12.1 Å². The number of hydrogen-bond acceptors (Lipinski definition) is 8. The number of amides is 2. The van der Waals surface area contributed by atoms with Gasteiger partial charge in [-0.05, 0) is 30.2 Å². The molecule has 11 heteroatoms. The van der Waals surface area contributed by atoms with Gasteiger partial charge in [-0.25, -0.2) is 15.0 Å². The van der Waals surface area contributed by atoms with E-state index in [0.29, 0.717) is 12.1 Å². The van der Waals surface area contributed by atoms with Gasteiger partial charge < -0.3 is 25.6 Å². The van der Waals surface area contributed by atoms with E-state index in [2.05, 4.69) is 25.6 Å². The predicted molar refractivity (Wildman–Crippen MR) is 130 cm³/mol. The molecule has 4 N–H and O–H groups in total. The number of anilines is 1. The number of ether oxygens (including phenoxy) is 1. The number of likely N-dealkylation sites (N-methyl/N-ethyl adjacent to an activating group) is 1. The SMILES string of the molecule is CCNC(=O)[C@H]1O[C@@H](n2cnc3c(NC(=O)c4ccc(-c5ccccc5)cc4)ncnc32)[C@@H](O)[C@H]1O. The van der Waals surface area contributed by atoms with Gasteiger partial charge in [0.2, 0.25) is 0 Å². The number of nitrogens with one attached hydrogen (secondary N) is 2. The molecular formula is C25H24N6O5. The van der Waals surface area contributed by atoms with Crippen molar-refractivity contribution in [3.8, 4) is 11.1 Å². The highest BCUT2D eigenvalue weighted by Crippen LogP contribution is 2.32. The van der Waals surface area contributed by atoms with E-state index >= 15 is 0 Å². The smallest absolute Gasteiger partial charge is 0.256 e. The molecule has 3 heterocycles. The van der Waals surface area contributed by atoms with Gasteiger partial charge in [0.15, 0.2) is 29.3 Å². The third-order valence-corrected chi connectivity index (χ3v) is 5.97. The van der Waals surface area contributed by atoms with Crippen molar-refractivity contribution >= 4 is 28.8 Å². The van der Waals surface area contributed by atoms with Gasteiger partial charge in [-0.15, -0.1) is 0 Å². The molecule has 2 amide bonds. The molecule has 184 valence electrons. The number of benzene rings is 2. The quantitative estimate of drug-likeness (QED) is 0.319. The molecule has 1 saturated heterocycles. The molecule has 0 aliphatic carbocycles. The average Bonchev–Trinajstić information content (AvgIpc) is 3.46. The van der Waals surface area contributed by atoms with Crippen LogP contribution in [0.25, 0.3) is 22.3 Å². The van der Waals surface area contributed by atoms with E-state index in [1.165, 1.54) is 17.2 Å². The first-order valence-electron chi connectivity index (χ1n) is 11.4. The van der Waals surface area contributed by atoms with Crippen LogP contribution in [0.15, 0.2) is 67.3 Å². The number of nitrogens with zero attached hydrogens (tertiary/aromatic N) is 4. The lowest BCUT2D eigenvalue weighted by atomic mass is 10.0. The van der Waals surface area contributed by atoms with E-state index in [-0.39, 0.29) is 22.9 Å². The Kier molecular flexibility index (Phi) is 6.42. The fourth-order valence-corrected chi connectivity index (χ4v) is 4.13. The summed E-state index contributed by atoms with van der Waals surface area (Å²) in [6, 6.07) is 17.0. The van der Waals surface area contributed by atoms with Crippen LogP contribution in [0.1, 0.15) is 23.5 Å². The maximum atomic E-state index is 12.9. The summed E-state index contributed by atoms with van der Waals surface area (Å²) >= 11 is 0. The van der Waals surface area contributed by atoms with Gasteiger partial charge in [0.1, 0.15) is 18.5 Å². The average molecular weight is 489 g/mol. The summed E-state index contributed by atoms with van der Waals surface area (Å²) in [5.74, 6) is -0.742. The van der Waals surface area contributed by atoms with Crippen LogP contribution in [0.5, 0.6) is 0 Å². The van der Waals surface area contributed by atoms with Gasteiger partial charge in [-0.2, -0.15) is 0 Å². The van der Waals surface area contributed by atoms with Crippen molar-refractivity contribution in [1.82, 2.24) is 24.8 Å². The second kappa shape index (κ2) is 9.82. The Hall–Kier alpha value is -4.19. The molecule has 2 aromatic heterocycles. The van der Waals surface area contributed by atoms with E-state index in [1.54, 1.807) is 19.1 Å². The van der Waals surface area contributed by atoms with Crippen LogP contribution >= 0.6 is 0 Å². The molecule has 5 rings (SSSR count). The van der Waals surface area contributed by atoms with Crippen LogP contribution < -0.4 is 10.6 Å². The number of carbonyl (C=O) groups is 2. The molecule has 0 unspecified atom stereocenters. The second-order valence-corrected chi connectivity index (χ2v) is 8.27. The van der Waals surface area contributed by atoms with Crippen molar-refractivity contribution in [3.63, 3.8) is 0 Å². The Labute approximate surface area is 205 Å². The molecule has 1 fully saturated rings. The number of aromatic nitrogens is 4. The number of carbonyl (C=O) groups excluding carboxylic acids is 2. The molecule has 4 aromatic rings. The van der Waals surface area contributed by atoms with Crippen molar-refractivity contribution in [2.45, 2.75) is 31.5 Å². The zero-order valence-corrected chi connectivity index (χ0v) is 19.3. The van der Waals surface area contributed by atoms with E-state index in [1.807, 2.05) is 42.5 Å². The van der Waals surface area contributed by atoms with Crippen LogP contribution in [-0.2, 0) is 9.53 Å². The van der Waals surface area contributed by atoms with E-state index in [9.17, 15) is 19.8 Å². The highest BCUT2D eigenvalue weighted by molar-refractivity contribution is 6.06. The number of aliphatic hydroxyl groups is 2. The monoisotopic (exact) mass is 488 g/mol. The molecule has 0 radical (unpaired) electrons. The zero-order chi connectivity index (χ0) is 25.2. The van der Waals surface area contributed by atoms with Gasteiger partial charge in [-0.3, -0.25) is 14.2 Å². The van der Waals surface area contributed by atoms with Crippen LogP contribution in [0.2, 0.25) is 0 Å². The largest absolute Gasteiger partial charge is 0.387 e. The van der Waals surface area contributed by atoms with E-state index < -0.39 is 30.4 Å². The first kappa shape index (κ1) is 23.5. The third-order valence-electron chi connectivity index (χ3n) is 5.97. The summed E-state index contributed by atoms with van der Waals surface area (Å²) in [5.41, 5.74) is 2.98. The van der Waals surface area contributed by atoms with Gasteiger partial charge in [-0.1, -0.05) is 42.5 Å². The lowest BCUT2D eigenvalue weighted by Crippen LogP contribution is -2.42. The highest BCUT2D eigenvalue weighted by atomic mass is 16.6. The highest BCUT2D eigenvalue weighted by Gasteiger charge is 2.47. The van der Waals surface area contributed by atoms with Crippen LogP contribution in [0.4, 0.5) is 5.82 Å². The Bertz CT molecular complexity index is 1390. The summed E-state index contributed by atoms with van der Waals surface area (Å²) in [7, 11) is 0. The van der Waals surface area contributed by atoms with Crippen molar-refractivity contribution in [2.75, 3.05) is 11.9 Å². The minimum atomic E-state index is -1.43. The molecule has 0 saturated carbocycles. The molecule has 1 aliphatic heterocycles. The van der Waals surface area contributed by atoms with Gasteiger partial charge in [0.05, 0.1) is 6.33 Å². The van der Waals surface area contributed by atoms with Gasteiger partial charge in [0.25, 0.3) is 11.8 Å². The third kappa shape index (κ3) is 4.31. The molecule has 11 nitrogen and oxygen atoms in total. The van der Waals surface area contributed by atoms with Crippen LogP contribution in [-0.4, -0.2) is 66.4 Å². The molecule has 0 bridgehead atoms. The number of hydrogen-bond donors (Lipinski definition) is 4. The Balaban J connectivity index is 1.37. The molecule has 0 spiro atoms. The lowest BCUT2D eigenvalue weighted by molar-refractivity contribution is -0.137. The second-order valence-electron chi connectivity index (χ2n) is 8.27. The maximum Gasteiger partial charge on any atom is 0.256 e. The molecule has 2 aromatic carbocycles. The predicted octanol–water partition coefficient (Wildman–Crippen LogP) is 1.50. The topological polar surface area (TPSA) is 151 Å². The summed E-state index contributed by atoms with van der Waals surface area (Å²) in [6.07, 6.45) is -2.59. The van der Waals surface area contributed by atoms with E-state index in [4.69, 9.17) is 4.74 Å². The summed E-state index contributed by atoms with van der Waals surface area (Å²) in [5, 5.41) is 26.2. The standard InChI is InChI=1S/C25H24N6O5/c1-2-26-24(35)20-18(32)19(33)25(36-20)31-13-29-17-21(27-12-28-22(17)31)30-23(34)16-10-8-15(9-11-16)14-6-4-3-5-7-14/h3-13,18-20,25,32-33H,2H2,1H3,(H,26,35)(H,27,28,30,34)/t18-,19+,20+,25-/m1/s1. The summed E-state index contributed by atoms with van der Waals surface area (Å²) < 4.78 is 7.05. The summed E-state index contributed by atoms with van der Waals surface area (Å²) in [4.78, 5) is 37.7. The normalized spacial score (nSPS) is 21.4. The fraction of sp³-hybridized carbons (Fsp3) is 0.240. The lowest BCUT2D eigenvalue weighted by Gasteiger charge is -2.16. The molecule has 1 aliphatic rings. The molecular weight excluding hydrogens is 464 g/mol. The number of rotatable bonds is 6. The Morgan fingerprint density at radius 2 is 1.69 bits per heavy atom. The van der Waals surface area contributed by atoms with E-state index in [0.717, 1.165) is 11.1 Å². The van der Waals surface area contributed by atoms with Gasteiger partial charge >= 0.3 is 0 Å². The first-order chi connectivity index (χ1) is 17.5. The van der Waals surface area contributed by atoms with Crippen LogP contribution in [0, 0.1) is 0 Å². The molecule has 36 heavy (non-hydrogen) atoms. The Morgan fingerprint density at radius 1 is 0.972 bits per heavy atom. The zero-order valence-electron chi connectivity index (χ0n) is 19.3. The van der Waals surface area contributed by atoms with Crippen molar-refractivity contribution in [1.29, 1.82) is 0 Å². The maximum absolute atomic E-state index is 12.9.